The van der Waals surface area contributed by atoms with Gasteiger partial charge in [0.2, 0.25) is 5.72 Å². The third-order valence-corrected chi connectivity index (χ3v) is 6.67. The molecule has 0 N–H and O–H groups in total. The summed E-state index contributed by atoms with van der Waals surface area (Å²) >= 11 is 0. The van der Waals surface area contributed by atoms with Crippen molar-refractivity contribution in [1.29, 1.82) is 0 Å². The Morgan fingerprint density at radius 2 is 1.62 bits per heavy atom. The molecule has 0 saturated heterocycles. The first kappa shape index (κ1) is 22.2. The van der Waals surface area contributed by atoms with E-state index >= 15 is 0 Å². The summed E-state index contributed by atoms with van der Waals surface area (Å²) in [5.41, 5.74) is -0.989. The minimum absolute atomic E-state index is 0.207. The summed E-state index contributed by atoms with van der Waals surface area (Å²) in [4.78, 5) is 31.1. The van der Waals surface area contributed by atoms with E-state index in [1.165, 1.54) is 6.92 Å². The molecular formula is C26H29NO5. The zero-order chi connectivity index (χ0) is 23.0. The summed E-state index contributed by atoms with van der Waals surface area (Å²) in [5, 5.41) is 0. The summed E-state index contributed by atoms with van der Waals surface area (Å²) in [6.07, 6.45) is -0.610. The first-order chi connectivity index (χ1) is 15.4. The molecule has 1 saturated carbocycles. The van der Waals surface area contributed by atoms with Crippen LogP contribution in [0.1, 0.15) is 45.2 Å². The molecular weight excluding hydrogens is 406 g/mol. The van der Waals surface area contributed by atoms with Gasteiger partial charge in [-0.15, -0.1) is 0 Å². The highest BCUT2D eigenvalue weighted by molar-refractivity contribution is 6.19. The van der Waals surface area contributed by atoms with Crippen molar-refractivity contribution >= 4 is 17.7 Å². The third kappa shape index (κ3) is 3.00. The van der Waals surface area contributed by atoms with E-state index in [0.717, 1.165) is 11.1 Å². The van der Waals surface area contributed by atoms with Crippen molar-refractivity contribution in [3.8, 4) is 0 Å². The highest BCUT2D eigenvalue weighted by Gasteiger charge is 2.80. The third-order valence-electron chi connectivity index (χ3n) is 6.67. The van der Waals surface area contributed by atoms with Crippen LogP contribution in [-0.2, 0) is 29.2 Å². The van der Waals surface area contributed by atoms with Crippen LogP contribution in [0.5, 0.6) is 0 Å². The number of carbonyl (C=O) groups excluding carboxylic acids is 2. The van der Waals surface area contributed by atoms with Crippen LogP contribution >= 0.6 is 0 Å². The fourth-order valence-electron chi connectivity index (χ4n) is 5.46. The smallest absolute Gasteiger partial charge is 0.322 e. The Bertz CT molecular complexity index is 1040. The average Bonchev–Trinajstić information content (AvgIpc) is 3.17. The van der Waals surface area contributed by atoms with Crippen molar-refractivity contribution in [1.82, 2.24) is 0 Å². The van der Waals surface area contributed by atoms with Crippen molar-refractivity contribution in [3.05, 3.63) is 71.8 Å². The summed E-state index contributed by atoms with van der Waals surface area (Å²) in [7, 11) is 0. The number of aliphatic imine (C=N–C) groups is 1. The van der Waals surface area contributed by atoms with Crippen molar-refractivity contribution in [2.75, 3.05) is 13.2 Å². The minimum Gasteiger partial charge on any atom is -0.465 e. The SMILES string of the molecule is CCOC(=O)[C@]12C[C@](C)(c3ccccc3)[C@](OCC)(N=C1c1ccccc1)C2OC(C)=O. The maximum atomic E-state index is 13.7. The lowest BCUT2D eigenvalue weighted by atomic mass is 9.69. The Hall–Kier alpha value is -2.99. The number of esters is 2. The number of rotatable bonds is 7. The number of ether oxygens (including phenoxy) is 3. The van der Waals surface area contributed by atoms with Crippen LogP contribution in [0.15, 0.2) is 65.7 Å². The molecule has 6 heteroatoms. The molecule has 1 unspecified atom stereocenters. The maximum absolute atomic E-state index is 13.7. The largest absolute Gasteiger partial charge is 0.465 e. The van der Waals surface area contributed by atoms with Gasteiger partial charge in [-0.05, 0) is 31.4 Å². The van der Waals surface area contributed by atoms with Gasteiger partial charge in [0, 0.05) is 18.9 Å². The summed E-state index contributed by atoms with van der Waals surface area (Å²) in [5.74, 6) is -0.940. The second-order valence-electron chi connectivity index (χ2n) is 8.51. The number of fused-ring (bicyclic) bond motifs is 2. The highest BCUT2D eigenvalue weighted by atomic mass is 16.6. The molecule has 2 aromatic rings. The Morgan fingerprint density at radius 1 is 1.00 bits per heavy atom. The van der Waals surface area contributed by atoms with E-state index in [0.29, 0.717) is 18.7 Å². The zero-order valence-corrected chi connectivity index (χ0v) is 19.0. The normalized spacial score (nSPS) is 30.6. The summed E-state index contributed by atoms with van der Waals surface area (Å²) < 4.78 is 17.9. The van der Waals surface area contributed by atoms with E-state index in [9.17, 15) is 9.59 Å². The van der Waals surface area contributed by atoms with Gasteiger partial charge in [-0.3, -0.25) is 9.59 Å². The average molecular weight is 436 g/mol. The lowest BCUT2D eigenvalue weighted by molar-refractivity contribution is -0.182. The van der Waals surface area contributed by atoms with E-state index in [2.05, 4.69) is 0 Å². The monoisotopic (exact) mass is 435 g/mol. The molecule has 0 aromatic heterocycles. The summed E-state index contributed by atoms with van der Waals surface area (Å²) in [6.45, 7) is 7.57. The lowest BCUT2D eigenvalue weighted by Crippen LogP contribution is -2.54. The standard InChI is InChI=1S/C26H29NO5/c1-5-30-23(29)25-17-24(4,20-15-11-8-12-16-20)26(31-6-2,22(25)32-18(3)28)27-21(25)19-13-9-7-10-14-19/h7-16,22H,5-6,17H2,1-4H3/t22?,24-,25-,26+/m1/s1. The first-order valence-electron chi connectivity index (χ1n) is 11.1. The van der Waals surface area contributed by atoms with Gasteiger partial charge >= 0.3 is 11.9 Å². The van der Waals surface area contributed by atoms with Gasteiger partial charge in [0.1, 0.15) is 0 Å². The number of nitrogens with zero attached hydrogens (tertiary/aromatic N) is 1. The number of hydrogen-bond donors (Lipinski definition) is 0. The van der Waals surface area contributed by atoms with Gasteiger partial charge in [-0.25, -0.2) is 4.99 Å². The van der Waals surface area contributed by atoms with Gasteiger partial charge in [0.25, 0.3) is 0 Å². The fraction of sp³-hybridized carbons (Fsp3) is 0.423. The van der Waals surface area contributed by atoms with E-state index < -0.39 is 34.6 Å². The topological polar surface area (TPSA) is 74.2 Å². The van der Waals surface area contributed by atoms with E-state index in [1.807, 2.05) is 74.5 Å². The zero-order valence-electron chi connectivity index (χ0n) is 19.0. The molecule has 6 nitrogen and oxygen atoms in total. The fourth-order valence-corrected chi connectivity index (χ4v) is 5.46. The Balaban J connectivity index is 2.04. The molecule has 2 aliphatic rings. The van der Waals surface area contributed by atoms with E-state index in [4.69, 9.17) is 19.2 Å². The molecule has 1 heterocycles. The van der Waals surface area contributed by atoms with Crippen molar-refractivity contribution in [2.24, 2.45) is 10.4 Å². The lowest BCUT2D eigenvalue weighted by Gasteiger charge is -2.42. The van der Waals surface area contributed by atoms with Crippen LogP contribution in [-0.4, -0.2) is 42.7 Å². The first-order valence-corrected chi connectivity index (χ1v) is 11.1. The number of hydrogen-bond acceptors (Lipinski definition) is 6. The van der Waals surface area contributed by atoms with Crippen LogP contribution in [0.3, 0.4) is 0 Å². The molecule has 1 fully saturated rings. The predicted octanol–water partition coefficient (Wildman–Crippen LogP) is 4.06. The molecule has 0 spiro atoms. The minimum atomic E-state index is -1.29. The van der Waals surface area contributed by atoms with E-state index in [1.54, 1.807) is 6.92 Å². The van der Waals surface area contributed by atoms with Crippen molar-refractivity contribution < 1.29 is 23.8 Å². The van der Waals surface area contributed by atoms with Gasteiger partial charge < -0.3 is 14.2 Å². The van der Waals surface area contributed by atoms with Crippen molar-refractivity contribution in [3.63, 3.8) is 0 Å². The molecule has 4 rings (SSSR count). The van der Waals surface area contributed by atoms with Crippen LogP contribution in [0.25, 0.3) is 0 Å². The van der Waals surface area contributed by atoms with Crippen LogP contribution < -0.4 is 0 Å². The molecule has 1 aliphatic heterocycles. The molecule has 2 aromatic carbocycles. The van der Waals surface area contributed by atoms with Crippen molar-refractivity contribution in [2.45, 2.75) is 51.4 Å². The Kier molecular flexibility index (Phi) is 5.67. The molecule has 168 valence electrons. The Morgan fingerprint density at radius 3 is 2.19 bits per heavy atom. The second kappa shape index (κ2) is 8.17. The van der Waals surface area contributed by atoms with Gasteiger partial charge in [-0.1, -0.05) is 67.6 Å². The van der Waals surface area contributed by atoms with E-state index in [-0.39, 0.29) is 6.61 Å². The molecule has 4 atom stereocenters. The molecule has 1 aliphatic carbocycles. The van der Waals surface area contributed by atoms with Gasteiger partial charge in [-0.2, -0.15) is 0 Å². The maximum Gasteiger partial charge on any atom is 0.322 e. The molecule has 0 radical (unpaired) electrons. The van der Waals surface area contributed by atoms with Crippen LogP contribution in [0, 0.1) is 5.41 Å². The summed E-state index contributed by atoms with van der Waals surface area (Å²) in [6, 6.07) is 19.4. The van der Waals surface area contributed by atoms with Crippen LogP contribution in [0.4, 0.5) is 0 Å². The number of carbonyl (C=O) groups is 2. The van der Waals surface area contributed by atoms with Gasteiger partial charge in [0.15, 0.2) is 11.5 Å². The van der Waals surface area contributed by atoms with Crippen LogP contribution in [0.2, 0.25) is 0 Å². The molecule has 2 bridgehead atoms. The molecule has 32 heavy (non-hydrogen) atoms. The Labute approximate surface area is 188 Å². The number of benzene rings is 2. The predicted molar refractivity (Wildman–Crippen MR) is 120 cm³/mol. The quantitative estimate of drug-likeness (QED) is 0.613. The highest BCUT2D eigenvalue weighted by Crippen LogP contribution is 2.65. The molecule has 0 amide bonds. The second-order valence-corrected chi connectivity index (χ2v) is 8.51. The van der Waals surface area contributed by atoms with Gasteiger partial charge in [0.05, 0.1) is 12.3 Å².